The Labute approximate surface area is 218 Å². The zero-order valence-electron chi connectivity index (χ0n) is 18.5. The highest BCUT2D eigenvalue weighted by molar-refractivity contribution is 7.92. The second-order valence-electron chi connectivity index (χ2n) is 7.58. The molecule has 2 aromatic heterocycles. The lowest BCUT2D eigenvalue weighted by Gasteiger charge is -2.12. The molecule has 4 aromatic rings. The van der Waals surface area contributed by atoms with Crippen molar-refractivity contribution in [3.8, 4) is 5.69 Å². The van der Waals surface area contributed by atoms with E-state index in [2.05, 4.69) is 15.6 Å². The van der Waals surface area contributed by atoms with Crippen LogP contribution in [0.5, 0.6) is 0 Å². The van der Waals surface area contributed by atoms with Gasteiger partial charge in [-0.2, -0.15) is 13.2 Å². The van der Waals surface area contributed by atoms with Gasteiger partial charge in [0, 0.05) is 11.4 Å². The Hall–Kier alpha value is -3.89. The van der Waals surface area contributed by atoms with Crippen molar-refractivity contribution in [2.45, 2.75) is 10.4 Å². The smallest absolute Gasteiger partial charge is 0.376 e. The normalized spacial score (nSPS) is 11.9. The van der Waals surface area contributed by atoms with E-state index in [0.29, 0.717) is 15.9 Å². The zero-order chi connectivity index (χ0) is 27.8. The Morgan fingerprint density at radius 2 is 1.76 bits per heavy atom. The number of halogens is 5. The number of anilines is 2. The van der Waals surface area contributed by atoms with Crippen LogP contribution in [-0.2, 0) is 10.0 Å². The van der Waals surface area contributed by atoms with Crippen LogP contribution in [0.3, 0.4) is 0 Å². The largest absolute Gasteiger partial charge is 0.405 e. The topological polar surface area (TPSA) is 142 Å². The third-order valence-electron chi connectivity index (χ3n) is 4.88. The van der Waals surface area contributed by atoms with E-state index in [1.807, 2.05) is 0 Å². The molecule has 0 saturated carbocycles. The lowest BCUT2D eigenvalue weighted by molar-refractivity contribution is -0.115. The number of thiophene rings is 1. The molecule has 0 saturated heterocycles. The first-order valence-corrected chi connectivity index (χ1v) is 12.9. The number of sulfonamides is 1. The number of carbonyl (C=O) groups excluding carboxylic acids is 1. The lowest BCUT2D eigenvalue weighted by atomic mass is 10.2. The first kappa shape index (κ1) is 27.2. The number of carbonyl (C=O) groups is 1. The van der Waals surface area contributed by atoms with Crippen molar-refractivity contribution < 1.29 is 30.8 Å². The molecule has 0 bridgehead atoms. The quantitative estimate of drug-likeness (QED) is 0.250. The minimum absolute atomic E-state index is 0.00769. The monoisotopic (exact) mass is 591 g/mol. The van der Waals surface area contributed by atoms with Crippen molar-refractivity contribution in [2.75, 3.05) is 17.2 Å². The van der Waals surface area contributed by atoms with Crippen LogP contribution in [0.4, 0.5) is 33.7 Å². The van der Waals surface area contributed by atoms with Gasteiger partial charge in [0.15, 0.2) is 0 Å². The number of fused-ring (bicyclic) bond motifs is 1. The number of amides is 2. The van der Waals surface area contributed by atoms with Crippen LogP contribution in [0.15, 0.2) is 62.3 Å². The predicted molar refractivity (Wildman–Crippen MR) is 133 cm³/mol. The van der Waals surface area contributed by atoms with Crippen LogP contribution < -0.4 is 26.6 Å². The second kappa shape index (κ2) is 10.1. The average molecular weight is 592 g/mol. The number of hydrogen-bond acceptors (Lipinski definition) is 7. The fraction of sp³-hybridized carbons (Fsp3) is 0.0952. The van der Waals surface area contributed by atoms with E-state index < -0.39 is 51.5 Å². The first-order chi connectivity index (χ1) is 17.7. The molecule has 4 N–H and O–H groups in total. The number of aromatic amines is 1. The summed E-state index contributed by atoms with van der Waals surface area (Å²) in [6, 6.07) is 7.67. The summed E-state index contributed by atoms with van der Waals surface area (Å²) in [5.74, 6) is -1.12. The second-order valence-corrected chi connectivity index (χ2v) is 11.2. The van der Waals surface area contributed by atoms with Crippen LogP contribution in [0.25, 0.3) is 16.6 Å². The maximum absolute atomic E-state index is 14.9. The van der Waals surface area contributed by atoms with Gasteiger partial charge >= 0.3 is 17.9 Å². The van der Waals surface area contributed by atoms with Gasteiger partial charge in [0.25, 0.3) is 15.6 Å². The summed E-state index contributed by atoms with van der Waals surface area (Å²) < 4.78 is 78.8. The van der Waals surface area contributed by atoms with Crippen molar-refractivity contribution in [1.29, 1.82) is 0 Å². The molecule has 38 heavy (non-hydrogen) atoms. The fourth-order valence-corrected chi connectivity index (χ4v) is 5.68. The molecule has 0 spiro atoms. The zero-order valence-corrected chi connectivity index (χ0v) is 20.9. The number of rotatable bonds is 6. The van der Waals surface area contributed by atoms with Gasteiger partial charge < -0.3 is 15.6 Å². The summed E-state index contributed by atoms with van der Waals surface area (Å²) in [4.78, 5) is 39.9. The standard InChI is InChI=1S/C21H14ClF4N5O5S2/c22-16-5-6-17(37-16)38(35,36)30-19(33)28-11-2-4-15(13(23)7-11)31-18(32)12-3-1-10(27-9-21(24,25)26)8-14(12)29-20(31)34/h1-8,27H,9H2,(H,29,34)(H2,28,30,33). The molecule has 0 atom stereocenters. The Morgan fingerprint density at radius 1 is 1.05 bits per heavy atom. The summed E-state index contributed by atoms with van der Waals surface area (Å²) in [6.07, 6.45) is -4.49. The minimum atomic E-state index is -4.49. The Bertz CT molecular complexity index is 1780. The number of nitrogens with one attached hydrogen (secondary N) is 4. The van der Waals surface area contributed by atoms with Crippen LogP contribution in [-0.4, -0.2) is 36.7 Å². The molecule has 0 aliphatic rings. The van der Waals surface area contributed by atoms with E-state index >= 15 is 0 Å². The van der Waals surface area contributed by atoms with E-state index in [-0.39, 0.29) is 30.8 Å². The summed E-state index contributed by atoms with van der Waals surface area (Å²) in [6.45, 7) is -1.34. The Morgan fingerprint density at radius 3 is 2.39 bits per heavy atom. The highest BCUT2D eigenvalue weighted by atomic mass is 35.5. The lowest BCUT2D eigenvalue weighted by Crippen LogP contribution is -2.35. The van der Waals surface area contributed by atoms with Crippen LogP contribution in [0.1, 0.15) is 0 Å². The molecule has 2 amide bonds. The van der Waals surface area contributed by atoms with Gasteiger partial charge in [0.2, 0.25) is 0 Å². The molecule has 0 radical (unpaired) electrons. The molecule has 0 unspecified atom stereocenters. The number of nitrogens with zero attached hydrogens (tertiary/aromatic N) is 1. The van der Waals surface area contributed by atoms with E-state index in [1.165, 1.54) is 24.3 Å². The summed E-state index contributed by atoms with van der Waals surface area (Å²) in [7, 11) is -4.24. The molecule has 17 heteroatoms. The third kappa shape index (κ3) is 5.98. The third-order valence-corrected chi connectivity index (χ3v) is 7.93. The van der Waals surface area contributed by atoms with Crippen molar-refractivity contribution in [3.05, 3.63) is 79.5 Å². The van der Waals surface area contributed by atoms with Gasteiger partial charge in [-0.3, -0.25) is 4.79 Å². The number of H-pyrrole nitrogens is 1. The van der Waals surface area contributed by atoms with Gasteiger partial charge in [-0.1, -0.05) is 11.6 Å². The molecule has 200 valence electrons. The number of alkyl halides is 3. The maximum atomic E-state index is 14.9. The van der Waals surface area contributed by atoms with Crippen molar-refractivity contribution in [2.24, 2.45) is 0 Å². The minimum Gasteiger partial charge on any atom is -0.376 e. The molecule has 0 aliphatic carbocycles. The summed E-state index contributed by atoms with van der Waals surface area (Å²) in [5, 5.41) is 4.13. The van der Waals surface area contributed by atoms with E-state index in [0.717, 1.165) is 24.3 Å². The van der Waals surface area contributed by atoms with Crippen molar-refractivity contribution in [1.82, 2.24) is 14.3 Å². The van der Waals surface area contributed by atoms with Crippen molar-refractivity contribution >= 4 is 61.3 Å². The maximum Gasteiger partial charge on any atom is 0.405 e. The average Bonchev–Trinajstić information content (AvgIpc) is 3.25. The van der Waals surface area contributed by atoms with E-state index in [4.69, 9.17) is 11.6 Å². The number of hydrogen-bond donors (Lipinski definition) is 4. The SMILES string of the molecule is O=C(Nc1ccc(-n2c(=O)[nH]c3cc(NCC(F)(F)F)ccc3c2=O)c(F)c1)NS(=O)(=O)c1ccc(Cl)s1. The first-order valence-electron chi connectivity index (χ1n) is 10.2. The molecule has 0 aliphatic heterocycles. The fourth-order valence-electron chi connectivity index (χ4n) is 3.29. The summed E-state index contributed by atoms with van der Waals surface area (Å²) in [5.41, 5.74) is -2.81. The van der Waals surface area contributed by atoms with Crippen LogP contribution in [0, 0.1) is 5.82 Å². The van der Waals surface area contributed by atoms with Crippen LogP contribution >= 0.6 is 22.9 Å². The summed E-state index contributed by atoms with van der Waals surface area (Å²) >= 11 is 6.41. The van der Waals surface area contributed by atoms with Gasteiger partial charge in [0.1, 0.15) is 16.6 Å². The Kier molecular flexibility index (Phi) is 7.22. The Balaban J connectivity index is 1.58. The number of aromatic nitrogens is 2. The van der Waals surface area contributed by atoms with E-state index in [1.54, 1.807) is 4.72 Å². The molecular formula is C21H14ClF4N5O5S2. The molecule has 10 nitrogen and oxygen atoms in total. The van der Waals surface area contributed by atoms with Gasteiger partial charge in [-0.05, 0) is 48.5 Å². The number of benzene rings is 2. The predicted octanol–water partition coefficient (Wildman–Crippen LogP) is 4.02. The highest BCUT2D eigenvalue weighted by Crippen LogP contribution is 2.25. The van der Waals surface area contributed by atoms with Gasteiger partial charge in [0.05, 0.1) is 20.9 Å². The van der Waals surface area contributed by atoms with Crippen molar-refractivity contribution in [3.63, 3.8) is 0 Å². The molecule has 0 fully saturated rings. The molecular weight excluding hydrogens is 578 g/mol. The van der Waals surface area contributed by atoms with Gasteiger partial charge in [-0.25, -0.2) is 31.7 Å². The molecule has 4 rings (SSSR count). The van der Waals surface area contributed by atoms with Crippen LogP contribution in [0.2, 0.25) is 4.34 Å². The molecule has 2 heterocycles. The van der Waals surface area contributed by atoms with E-state index in [9.17, 15) is 40.4 Å². The highest BCUT2D eigenvalue weighted by Gasteiger charge is 2.26. The molecule has 2 aromatic carbocycles. The number of urea groups is 1. The van der Waals surface area contributed by atoms with Gasteiger partial charge in [-0.15, -0.1) is 11.3 Å².